The molecule has 0 bridgehead atoms. The second-order valence-corrected chi connectivity index (χ2v) is 6.22. The van der Waals surface area contributed by atoms with Gasteiger partial charge in [-0.1, -0.05) is 12.1 Å². The smallest absolute Gasteiger partial charge is 0.370 e. The second-order valence-electron chi connectivity index (χ2n) is 6.22. The number of halogens is 3. The Morgan fingerprint density at radius 2 is 1.77 bits per heavy atom. The van der Waals surface area contributed by atoms with Gasteiger partial charge >= 0.3 is 6.18 Å². The Morgan fingerprint density at radius 1 is 1.00 bits per heavy atom. The van der Waals surface area contributed by atoms with Crippen LogP contribution in [0.3, 0.4) is 0 Å². The number of alkyl halides is 3. The minimum atomic E-state index is -4.45. The highest BCUT2D eigenvalue weighted by Crippen LogP contribution is 2.38. The molecule has 0 amide bonds. The molecule has 134 valence electrons. The summed E-state index contributed by atoms with van der Waals surface area (Å²) >= 11 is 0. The van der Waals surface area contributed by atoms with Gasteiger partial charge in [-0.3, -0.25) is 4.98 Å². The van der Waals surface area contributed by atoms with Gasteiger partial charge in [0.1, 0.15) is 5.82 Å². The monoisotopic (exact) mass is 358 g/mol. The van der Waals surface area contributed by atoms with Crippen LogP contribution in [0.1, 0.15) is 24.0 Å². The summed E-state index contributed by atoms with van der Waals surface area (Å²) in [6, 6.07) is 9.19. The highest BCUT2D eigenvalue weighted by Gasteiger charge is 2.35. The van der Waals surface area contributed by atoms with Crippen molar-refractivity contribution in [2.45, 2.75) is 25.4 Å². The first-order valence-corrected chi connectivity index (χ1v) is 8.48. The van der Waals surface area contributed by atoms with Crippen molar-refractivity contribution in [3.05, 3.63) is 59.9 Å². The Kier molecular flexibility index (Phi) is 4.14. The summed E-state index contributed by atoms with van der Waals surface area (Å²) < 4.78 is 41.9. The number of benzene rings is 1. The largest absolute Gasteiger partial charge is 0.418 e. The molecule has 2 aromatic heterocycles. The molecule has 0 aliphatic carbocycles. The average molecular weight is 358 g/mol. The first-order valence-electron chi connectivity index (χ1n) is 8.48. The molecule has 26 heavy (non-hydrogen) atoms. The molecule has 0 fully saturated rings. The maximum absolute atomic E-state index is 13.5. The normalized spacial score (nSPS) is 14.4. The molecule has 3 aromatic rings. The summed E-state index contributed by atoms with van der Waals surface area (Å²) in [5.41, 5.74) is 1.84. The van der Waals surface area contributed by atoms with Gasteiger partial charge in [-0.15, -0.1) is 0 Å². The van der Waals surface area contributed by atoms with Gasteiger partial charge in [-0.2, -0.15) is 18.3 Å². The van der Waals surface area contributed by atoms with Crippen LogP contribution in [0.5, 0.6) is 0 Å². The third-order valence-corrected chi connectivity index (χ3v) is 4.52. The van der Waals surface area contributed by atoms with Crippen molar-refractivity contribution >= 4 is 5.82 Å². The van der Waals surface area contributed by atoms with E-state index >= 15 is 0 Å². The quantitative estimate of drug-likeness (QED) is 0.722. The molecular weight excluding hydrogens is 341 g/mol. The van der Waals surface area contributed by atoms with Gasteiger partial charge in [-0.25, -0.2) is 4.68 Å². The number of para-hydroxylation sites is 1. The lowest BCUT2D eigenvalue weighted by atomic mass is 10.0. The van der Waals surface area contributed by atoms with Crippen LogP contribution in [0.15, 0.2) is 48.8 Å². The standard InChI is InChI=1S/C19H17F3N4/c20-19(21,22)15-6-1-2-7-16(15)26-18-14(5-3-4-10-24-18)17(25-26)13-8-11-23-12-9-13/h1-2,6-9,11-12,24H,3-5,10H2. The van der Waals surface area contributed by atoms with E-state index in [4.69, 9.17) is 0 Å². The first kappa shape index (κ1) is 16.6. The van der Waals surface area contributed by atoms with Gasteiger partial charge in [0, 0.05) is 30.1 Å². The molecule has 0 spiro atoms. The fourth-order valence-corrected chi connectivity index (χ4v) is 3.32. The zero-order valence-electron chi connectivity index (χ0n) is 13.9. The molecule has 0 unspecified atom stereocenters. The van der Waals surface area contributed by atoms with Gasteiger partial charge in [-0.05, 0) is 43.5 Å². The van der Waals surface area contributed by atoms with Crippen LogP contribution in [0.2, 0.25) is 0 Å². The predicted molar refractivity (Wildman–Crippen MR) is 93.2 cm³/mol. The maximum atomic E-state index is 13.5. The Bertz CT molecular complexity index is 916. The molecule has 4 nitrogen and oxygen atoms in total. The van der Waals surface area contributed by atoms with Crippen molar-refractivity contribution in [3.63, 3.8) is 0 Å². The fourth-order valence-electron chi connectivity index (χ4n) is 3.32. The number of pyridine rings is 1. The van der Waals surface area contributed by atoms with Crippen molar-refractivity contribution < 1.29 is 13.2 Å². The molecule has 1 aromatic carbocycles. The van der Waals surface area contributed by atoms with Gasteiger partial charge in [0.2, 0.25) is 0 Å². The fraction of sp³-hybridized carbons (Fsp3) is 0.263. The molecule has 1 aliphatic rings. The molecular formula is C19H17F3N4. The summed E-state index contributed by atoms with van der Waals surface area (Å²) in [4.78, 5) is 4.01. The van der Waals surface area contributed by atoms with Crippen LogP contribution in [-0.2, 0) is 12.6 Å². The molecule has 4 rings (SSSR count). The molecule has 0 atom stereocenters. The molecule has 0 saturated heterocycles. The van der Waals surface area contributed by atoms with Crippen LogP contribution in [-0.4, -0.2) is 21.3 Å². The number of anilines is 1. The molecule has 1 aliphatic heterocycles. The van der Waals surface area contributed by atoms with Gasteiger partial charge in [0.25, 0.3) is 0 Å². The number of nitrogens with one attached hydrogen (secondary N) is 1. The maximum Gasteiger partial charge on any atom is 0.418 e. The van der Waals surface area contributed by atoms with Crippen molar-refractivity contribution in [2.24, 2.45) is 0 Å². The third kappa shape index (κ3) is 2.94. The van der Waals surface area contributed by atoms with E-state index in [1.54, 1.807) is 18.5 Å². The minimum Gasteiger partial charge on any atom is -0.370 e. The van der Waals surface area contributed by atoms with E-state index in [2.05, 4.69) is 15.4 Å². The number of aromatic nitrogens is 3. The zero-order valence-corrected chi connectivity index (χ0v) is 13.9. The summed E-state index contributed by atoms with van der Waals surface area (Å²) in [7, 11) is 0. The number of fused-ring (bicyclic) bond motifs is 1. The first-order chi connectivity index (χ1) is 12.6. The van der Waals surface area contributed by atoms with E-state index in [9.17, 15) is 13.2 Å². The van der Waals surface area contributed by atoms with Gasteiger partial charge in [0.05, 0.1) is 16.9 Å². The summed E-state index contributed by atoms with van der Waals surface area (Å²) in [6.45, 7) is 0.711. The van der Waals surface area contributed by atoms with Crippen LogP contribution in [0.25, 0.3) is 16.9 Å². The van der Waals surface area contributed by atoms with E-state index in [1.807, 2.05) is 12.1 Å². The average Bonchev–Trinajstić information content (AvgIpc) is 2.83. The van der Waals surface area contributed by atoms with E-state index in [1.165, 1.54) is 16.8 Å². The number of nitrogens with zero attached hydrogens (tertiary/aromatic N) is 3. The highest BCUT2D eigenvalue weighted by molar-refractivity contribution is 5.71. The lowest BCUT2D eigenvalue weighted by Gasteiger charge is -2.15. The van der Waals surface area contributed by atoms with Crippen LogP contribution in [0.4, 0.5) is 19.0 Å². The molecule has 3 heterocycles. The lowest BCUT2D eigenvalue weighted by Crippen LogP contribution is -2.14. The molecule has 7 heteroatoms. The van der Waals surface area contributed by atoms with Crippen molar-refractivity contribution in [2.75, 3.05) is 11.9 Å². The molecule has 1 N–H and O–H groups in total. The van der Waals surface area contributed by atoms with Crippen molar-refractivity contribution in [1.82, 2.24) is 14.8 Å². The zero-order chi connectivity index (χ0) is 18.1. The SMILES string of the molecule is FC(F)(F)c1ccccc1-n1nc(-c2ccncc2)c2c1NCCCC2. The molecule has 0 saturated carbocycles. The van der Waals surface area contributed by atoms with E-state index < -0.39 is 11.7 Å². The minimum absolute atomic E-state index is 0.0333. The van der Waals surface area contributed by atoms with Crippen molar-refractivity contribution in [1.29, 1.82) is 0 Å². The highest BCUT2D eigenvalue weighted by atomic mass is 19.4. The van der Waals surface area contributed by atoms with Crippen molar-refractivity contribution in [3.8, 4) is 16.9 Å². The Labute approximate surface area is 148 Å². The predicted octanol–water partition coefficient (Wildman–Crippen LogP) is 4.70. The van der Waals surface area contributed by atoms with Gasteiger partial charge in [0.15, 0.2) is 0 Å². The summed E-state index contributed by atoms with van der Waals surface area (Å²) in [6.07, 6.45) is 1.57. The summed E-state index contributed by atoms with van der Waals surface area (Å²) in [5, 5.41) is 7.85. The van der Waals surface area contributed by atoms with Crippen LogP contribution < -0.4 is 5.32 Å². The third-order valence-electron chi connectivity index (χ3n) is 4.52. The Hall–Kier alpha value is -2.83. The molecule has 0 radical (unpaired) electrons. The van der Waals surface area contributed by atoms with E-state index in [0.717, 1.165) is 36.5 Å². The summed E-state index contributed by atoms with van der Waals surface area (Å²) in [5.74, 6) is 0.644. The second kappa shape index (κ2) is 6.48. The number of hydrogen-bond acceptors (Lipinski definition) is 3. The van der Waals surface area contributed by atoms with Crippen LogP contribution in [0, 0.1) is 0 Å². The van der Waals surface area contributed by atoms with Crippen LogP contribution >= 0.6 is 0 Å². The lowest BCUT2D eigenvalue weighted by molar-refractivity contribution is -0.137. The van der Waals surface area contributed by atoms with E-state index in [-0.39, 0.29) is 5.69 Å². The Balaban J connectivity index is 1.95. The van der Waals surface area contributed by atoms with Gasteiger partial charge < -0.3 is 5.32 Å². The Morgan fingerprint density at radius 3 is 2.54 bits per heavy atom. The number of rotatable bonds is 2. The van der Waals surface area contributed by atoms with E-state index in [0.29, 0.717) is 18.1 Å². The number of hydrogen-bond donors (Lipinski definition) is 1. The topological polar surface area (TPSA) is 42.7 Å².